The van der Waals surface area contributed by atoms with Crippen molar-refractivity contribution in [3.8, 4) is 11.1 Å². The van der Waals surface area contributed by atoms with Gasteiger partial charge in [0.2, 0.25) is 0 Å². The summed E-state index contributed by atoms with van der Waals surface area (Å²) in [5.74, 6) is -0.383. The predicted octanol–water partition coefficient (Wildman–Crippen LogP) is 2.08. The molecule has 0 fully saturated rings. The summed E-state index contributed by atoms with van der Waals surface area (Å²) >= 11 is 0. The maximum Gasteiger partial charge on any atom is 0.250 e. The maximum atomic E-state index is 13.8. The summed E-state index contributed by atoms with van der Waals surface area (Å²) in [7, 11) is 1.64. The number of nitrogen functional groups attached to an aromatic ring is 1. The van der Waals surface area contributed by atoms with Crippen molar-refractivity contribution < 1.29 is 4.39 Å². The van der Waals surface area contributed by atoms with Crippen molar-refractivity contribution in [2.45, 2.75) is 6.92 Å². The van der Waals surface area contributed by atoms with Crippen LogP contribution in [0.5, 0.6) is 0 Å². The van der Waals surface area contributed by atoms with Gasteiger partial charge < -0.3 is 10.3 Å². The van der Waals surface area contributed by atoms with Crippen LogP contribution in [0.3, 0.4) is 0 Å². The fourth-order valence-electron chi connectivity index (χ4n) is 1.76. The van der Waals surface area contributed by atoms with Crippen LogP contribution in [-0.4, -0.2) is 4.57 Å². The largest absolute Gasteiger partial charge is 0.399 e. The number of aromatic nitrogens is 1. The van der Waals surface area contributed by atoms with Crippen LogP contribution in [0.4, 0.5) is 10.1 Å². The number of anilines is 1. The van der Waals surface area contributed by atoms with Crippen LogP contribution in [-0.2, 0) is 7.05 Å². The van der Waals surface area contributed by atoms with Crippen LogP contribution in [0, 0.1) is 12.7 Å². The first-order valence-electron chi connectivity index (χ1n) is 5.21. The second kappa shape index (κ2) is 4.05. The molecule has 17 heavy (non-hydrogen) atoms. The lowest BCUT2D eigenvalue weighted by Gasteiger charge is -2.09. The summed E-state index contributed by atoms with van der Waals surface area (Å²) in [5, 5.41) is 0. The standard InChI is InChI=1S/C13H13FN2O/c1-8-5-13(17)16(2)7-11(8)10-4-3-9(15)6-12(10)14/h3-7H,15H2,1-2H3. The van der Waals surface area contributed by atoms with E-state index in [-0.39, 0.29) is 11.4 Å². The first-order valence-corrected chi connectivity index (χ1v) is 5.21. The monoisotopic (exact) mass is 232 g/mol. The van der Waals surface area contributed by atoms with E-state index in [0.717, 1.165) is 5.56 Å². The highest BCUT2D eigenvalue weighted by Crippen LogP contribution is 2.26. The Kier molecular flexibility index (Phi) is 2.71. The minimum Gasteiger partial charge on any atom is -0.399 e. The van der Waals surface area contributed by atoms with Crippen molar-refractivity contribution in [1.82, 2.24) is 4.57 Å². The van der Waals surface area contributed by atoms with E-state index in [1.54, 1.807) is 32.3 Å². The van der Waals surface area contributed by atoms with Gasteiger partial charge in [-0.25, -0.2) is 4.39 Å². The first kappa shape index (κ1) is 11.4. The van der Waals surface area contributed by atoms with E-state index in [0.29, 0.717) is 16.8 Å². The summed E-state index contributed by atoms with van der Waals surface area (Å²) in [5.41, 5.74) is 7.67. The summed E-state index contributed by atoms with van der Waals surface area (Å²) in [4.78, 5) is 11.4. The Hall–Kier alpha value is -2.10. The molecule has 0 aliphatic rings. The molecule has 0 bridgehead atoms. The zero-order valence-electron chi connectivity index (χ0n) is 9.70. The van der Waals surface area contributed by atoms with Gasteiger partial charge in [-0.2, -0.15) is 0 Å². The van der Waals surface area contributed by atoms with Crippen molar-refractivity contribution in [2.75, 3.05) is 5.73 Å². The maximum absolute atomic E-state index is 13.8. The number of nitrogens with two attached hydrogens (primary N) is 1. The fourth-order valence-corrected chi connectivity index (χ4v) is 1.76. The first-order chi connectivity index (χ1) is 7.99. The van der Waals surface area contributed by atoms with Gasteiger partial charge in [0.1, 0.15) is 5.82 Å². The Balaban J connectivity index is 2.68. The highest BCUT2D eigenvalue weighted by Gasteiger charge is 2.09. The number of halogens is 1. The smallest absolute Gasteiger partial charge is 0.250 e. The lowest BCUT2D eigenvalue weighted by Crippen LogP contribution is -2.15. The highest BCUT2D eigenvalue weighted by molar-refractivity contribution is 5.68. The van der Waals surface area contributed by atoms with E-state index in [2.05, 4.69) is 0 Å². The van der Waals surface area contributed by atoms with E-state index in [9.17, 15) is 9.18 Å². The number of hydrogen-bond acceptors (Lipinski definition) is 2. The predicted molar refractivity (Wildman–Crippen MR) is 66.2 cm³/mol. The van der Waals surface area contributed by atoms with Gasteiger partial charge in [-0.15, -0.1) is 0 Å². The van der Waals surface area contributed by atoms with Gasteiger partial charge >= 0.3 is 0 Å². The topological polar surface area (TPSA) is 48.0 Å². The number of pyridine rings is 1. The number of benzene rings is 1. The molecule has 0 unspecified atom stereocenters. The van der Waals surface area contributed by atoms with Crippen LogP contribution < -0.4 is 11.3 Å². The van der Waals surface area contributed by atoms with E-state index in [1.807, 2.05) is 0 Å². The Bertz CT molecular complexity index is 632. The van der Waals surface area contributed by atoms with E-state index >= 15 is 0 Å². The Labute approximate surface area is 98.3 Å². The average Bonchev–Trinajstić information content (AvgIpc) is 2.24. The van der Waals surface area contributed by atoms with Crippen molar-refractivity contribution in [3.05, 3.63) is 52.2 Å². The molecule has 0 radical (unpaired) electrons. The highest BCUT2D eigenvalue weighted by atomic mass is 19.1. The van der Waals surface area contributed by atoms with Gasteiger partial charge in [0.25, 0.3) is 5.56 Å². The SMILES string of the molecule is Cc1cc(=O)n(C)cc1-c1ccc(N)cc1F. The normalized spacial score (nSPS) is 10.5. The quantitative estimate of drug-likeness (QED) is 0.765. The molecular formula is C13H13FN2O. The van der Waals surface area contributed by atoms with E-state index < -0.39 is 0 Å². The van der Waals surface area contributed by atoms with Gasteiger partial charge in [0.15, 0.2) is 0 Å². The van der Waals surface area contributed by atoms with E-state index in [1.165, 1.54) is 16.7 Å². The van der Waals surface area contributed by atoms with Crippen molar-refractivity contribution in [2.24, 2.45) is 7.05 Å². The molecule has 4 heteroatoms. The van der Waals surface area contributed by atoms with Crippen molar-refractivity contribution >= 4 is 5.69 Å². The van der Waals surface area contributed by atoms with E-state index in [4.69, 9.17) is 5.73 Å². The molecule has 0 atom stereocenters. The minimum atomic E-state index is -0.383. The molecule has 2 N–H and O–H groups in total. The summed E-state index contributed by atoms with van der Waals surface area (Å²) in [6.07, 6.45) is 1.63. The fraction of sp³-hybridized carbons (Fsp3) is 0.154. The molecular weight excluding hydrogens is 219 g/mol. The van der Waals surface area contributed by atoms with Crippen molar-refractivity contribution in [3.63, 3.8) is 0 Å². The van der Waals surface area contributed by atoms with Crippen LogP contribution in [0.15, 0.2) is 35.3 Å². The lowest BCUT2D eigenvalue weighted by atomic mass is 10.0. The third-order valence-electron chi connectivity index (χ3n) is 2.72. The third kappa shape index (κ3) is 2.06. The summed E-state index contributed by atoms with van der Waals surface area (Å²) in [6.45, 7) is 1.78. The Morgan fingerprint density at radius 3 is 2.59 bits per heavy atom. The molecule has 0 saturated heterocycles. The molecule has 0 spiro atoms. The Morgan fingerprint density at radius 2 is 1.94 bits per heavy atom. The van der Waals surface area contributed by atoms with Gasteiger partial charge in [-0.3, -0.25) is 4.79 Å². The van der Waals surface area contributed by atoms with Gasteiger partial charge in [0.05, 0.1) is 0 Å². The molecule has 3 nitrogen and oxygen atoms in total. The molecule has 0 saturated carbocycles. The summed E-state index contributed by atoms with van der Waals surface area (Å²) in [6, 6.07) is 6.03. The van der Waals surface area contributed by atoms with Crippen LogP contribution >= 0.6 is 0 Å². The minimum absolute atomic E-state index is 0.109. The number of rotatable bonds is 1. The molecule has 1 aromatic heterocycles. The molecule has 0 amide bonds. The van der Waals surface area contributed by atoms with Gasteiger partial charge in [-0.1, -0.05) is 0 Å². The molecule has 0 aliphatic carbocycles. The number of nitrogens with zero attached hydrogens (tertiary/aromatic N) is 1. The van der Waals surface area contributed by atoms with Gasteiger partial charge in [0, 0.05) is 36.1 Å². The second-order valence-electron chi connectivity index (χ2n) is 4.06. The molecule has 2 rings (SSSR count). The molecule has 88 valence electrons. The zero-order chi connectivity index (χ0) is 12.6. The zero-order valence-corrected chi connectivity index (χ0v) is 9.70. The van der Waals surface area contributed by atoms with Crippen molar-refractivity contribution in [1.29, 1.82) is 0 Å². The number of aryl methyl sites for hydroxylation is 2. The van der Waals surface area contributed by atoms with Crippen LogP contribution in [0.25, 0.3) is 11.1 Å². The van der Waals surface area contributed by atoms with Gasteiger partial charge in [-0.05, 0) is 30.7 Å². The second-order valence-corrected chi connectivity index (χ2v) is 4.06. The Morgan fingerprint density at radius 1 is 1.24 bits per heavy atom. The third-order valence-corrected chi connectivity index (χ3v) is 2.72. The molecule has 1 aromatic carbocycles. The molecule has 1 heterocycles. The van der Waals surface area contributed by atoms with Crippen LogP contribution in [0.2, 0.25) is 0 Å². The molecule has 0 aliphatic heterocycles. The molecule has 2 aromatic rings. The number of hydrogen-bond donors (Lipinski definition) is 1. The lowest BCUT2D eigenvalue weighted by molar-refractivity contribution is 0.631. The average molecular weight is 232 g/mol. The van der Waals surface area contributed by atoms with Crippen LogP contribution in [0.1, 0.15) is 5.56 Å². The summed E-state index contributed by atoms with van der Waals surface area (Å²) < 4.78 is 15.2.